The molecule has 0 unspecified atom stereocenters. The Morgan fingerprint density at radius 3 is 2.22 bits per heavy atom. The highest BCUT2D eigenvalue weighted by Crippen LogP contribution is 2.27. The van der Waals surface area contributed by atoms with Crippen LogP contribution in [-0.2, 0) is 4.79 Å². The first kappa shape index (κ1) is 19.3. The van der Waals surface area contributed by atoms with Crippen molar-refractivity contribution >= 4 is 22.9 Å². The summed E-state index contributed by atoms with van der Waals surface area (Å²) in [6, 6.07) is 18.3. The van der Waals surface area contributed by atoms with Gasteiger partial charge in [-0.25, -0.2) is 0 Å². The van der Waals surface area contributed by atoms with Crippen LogP contribution in [0.1, 0.15) is 40.1 Å². The fourth-order valence-corrected chi connectivity index (χ4v) is 4.19. The quantitative estimate of drug-likeness (QED) is 0.605. The topological polar surface area (TPSA) is 41.1 Å². The van der Waals surface area contributed by atoms with Crippen molar-refractivity contribution in [2.24, 2.45) is 0 Å². The zero-order chi connectivity index (χ0) is 19.4. The Morgan fingerprint density at radius 2 is 1.63 bits per heavy atom. The lowest BCUT2D eigenvalue weighted by Gasteiger charge is -2.23. The van der Waals surface area contributed by atoms with Gasteiger partial charge in [0.25, 0.3) is 0 Å². The number of hydrogen-bond donors (Lipinski definition) is 2. The molecule has 0 saturated heterocycles. The second kappa shape index (κ2) is 8.51. The van der Waals surface area contributed by atoms with Crippen LogP contribution in [0.25, 0.3) is 0 Å². The first-order chi connectivity index (χ1) is 13.0. The molecule has 0 aliphatic carbocycles. The van der Waals surface area contributed by atoms with Gasteiger partial charge in [0.05, 0.1) is 12.1 Å². The van der Waals surface area contributed by atoms with Crippen LogP contribution in [0.3, 0.4) is 0 Å². The van der Waals surface area contributed by atoms with Crippen LogP contribution in [0, 0.1) is 20.8 Å². The highest BCUT2D eigenvalue weighted by Gasteiger charge is 2.22. The summed E-state index contributed by atoms with van der Waals surface area (Å²) < 4.78 is 0. The van der Waals surface area contributed by atoms with Crippen LogP contribution in [0.15, 0.2) is 60.0 Å². The van der Waals surface area contributed by atoms with E-state index in [-0.39, 0.29) is 18.0 Å². The number of aryl methyl sites for hydroxylation is 3. The Kier molecular flexibility index (Phi) is 6.09. The van der Waals surface area contributed by atoms with E-state index in [1.807, 2.05) is 45.0 Å². The highest BCUT2D eigenvalue weighted by molar-refractivity contribution is 7.10. The fraction of sp³-hybridized carbons (Fsp3) is 0.261. The SMILES string of the molecule is Cc1cc(C)c(NC(=O)[C@H](C)N[C@@H](c2ccccc2)c2cccs2)c(C)c1. The molecule has 0 aliphatic rings. The number of benzene rings is 2. The van der Waals surface area contributed by atoms with E-state index in [0.29, 0.717) is 0 Å². The maximum atomic E-state index is 12.9. The fourth-order valence-electron chi connectivity index (χ4n) is 3.38. The third-order valence-electron chi connectivity index (χ3n) is 4.70. The average Bonchev–Trinajstić information content (AvgIpc) is 3.17. The van der Waals surface area contributed by atoms with Gasteiger partial charge >= 0.3 is 0 Å². The van der Waals surface area contributed by atoms with Gasteiger partial charge in [0.2, 0.25) is 5.91 Å². The van der Waals surface area contributed by atoms with Gasteiger partial charge in [-0.1, -0.05) is 54.1 Å². The molecule has 2 N–H and O–H groups in total. The van der Waals surface area contributed by atoms with E-state index in [9.17, 15) is 4.79 Å². The van der Waals surface area contributed by atoms with Gasteiger partial charge in [-0.15, -0.1) is 11.3 Å². The van der Waals surface area contributed by atoms with Gasteiger partial charge in [0.15, 0.2) is 0 Å². The molecule has 140 valence electrons. The summed E-state index contributed by atoms with van der Waals surface area (Å²) >= 11 is 1.70. The molecule has 3 rings (SSSR count). The molecule has 1 amide bonds. The Labute approximate surface area is 165 Å². The lowest BCUT2D eigenvalue weighted by Crippen LogP contribution is -2.40. The highest BCUT2D eigenvalue weighted by atomic mass is 32.1. The largest absolute Gasteiger partial charge is 0.324 e. The zero-order valence-electron chi connectivity index (χ0n) is 16.2. The number of carbonyl (C=O) groups excluding carboxylic acids is 1. The van der Waals surface area contributed by atoms with Crippen LogP contribution in [0.2, 0.25) is 0 Å². The van der Waals surface area contributed by atoms with Gasteiger partial charge in [-0.2, -0.15) is 0 Å². The number of thiophene rings is 1. The molecule has 1 aromatic heterocycles. The molecule has 2 aromatic carbocycles. The van der Waals surface area contributed by atoms with E-state index in [1.165, 1.54) is 10.4 Å². The number of anilines is 1. The van der Waals surface area contributed by atoms with Gasteiger partial charge in [0.1, 0.15) is 0 Å². The number of nitrogens with one attached hydrogen (secondary N) is 2. The molecule has 4 heteroatoms. The monoisotopic (exact) mass is 378 g/mol. The standard InChI is InChI=1S/C23H26N2OS/c1-15-13-16(2)21(17(3)14-15)25-23(26)18(4)24-22(20-11-8-12-27-20)19-9-6-5-7-10-19/h5-14,18,22,24H,1-4H3,(H,25,26)/t18-,22-/m0/s1. The van der Waals surface area contributed by atoms with Crippen molar-refractivity contribution in [1.82, 2.24) is 5.32 Å². The average molecular weight is 379 g/mol. The summed E-state index contributed by atoms with van der Waals surface area (Å²) in [4.78, 5) is 14.1. The van der Waals surface area contributed by atoms with Crippen LogP contribution < -0.4 is 10.6 Å². The third kappa shape index (κ3) is 4.65. The molecule has 0 bridgehead atoms. The predicted octanol–water partition coefficient (Wildman–Crippen LogP) is 5.38. The molecule has 0 saturated carbocycles. The van der Waals surface area contributed by atoms with Crippen molar-refractivity contribution in [2.75, 3.05) is 5.32 Å². The van der Waals surface area contributed by atoms with E-state index >= 15 is 0 Å². The first-order valence-corrected chi connectivity index (χ1v) is 10.1. The zero-order valence-corrected chi connectivity index (χ0v) is 17.1. The van der Waals surface area contributed by atoms with Crippen LogP contribution in [0.4, 0.5) is 5.69 Å². The second-order valence-corrected chi connectivity index (χ2v) is 7.99. The predicted molar refractivity (Wildman–Crippen MR) is 114 cm³/mol. The first-order valence-electron chi connectivity index (χ1n) is 9.19. The van der Waals surface area contributed by atoms with Crippen LogP contribution >= 0.6 is 11.3 Å². The number of hydrogen-bond acceptors (Lipinski definition) is 3. The van der Waals surface area contributed by atoms with Gasteiger partial charge in [0, 0.05) is 10.6 Å². The Bertz CT molecular complexity index is 880. The molecule has 3 aromatic rings. The molecule has 1 heterocycles. The normalized spacial score (nSPS) is 13.2. The second-order valence-electron chi connectivity index (χ2n) is 7.01. The van der Waals surface area contributed by atoms with Crippen molar-refractivity contribution in [1.29, 1.82) is 0 Å². The number of amides is 1. The lowest BCUT2D eigenvalue weighted by atomic mass is 10.0. The van der Waals surface area contributed by atoms with Crippen LogP contribution in [0.5, 0.6) is 0 Å². The van der Waals surface area contributed by atoms with Crippen molar-refractivity contribution in [3.05, 3.63) is 87.1 Å². The molecule has 0 radical (unpaired) electrons. The lowest BCUT2D eigenvalue weighted by molar-refractivity contribution is -0.117. The maximum Gasteiger partial charge on any atom is 0.241 e. The summed E-state index contributed by atoms with van der Waals surface area (Å²) in [5.41, 5.74) is 5.45. The van der Waals surface area contributed by atoms with Crippen molar-refractivity contribution in [3.63, 3.8) is 0 Å². The Morgan fingerprint density at radius 1 is 0.963 bits per heavy atom. The minimum atomic E-state index is -0.336. The molecule has 27 heavy (non-hydrogen) atoms. The maximum absolute atomic E-state index is 12.9. The van der Waals surface area contributed by atoms with E-state index in [0.717, 1.165) is 22.4 Å². The van der Waals surface area contributed by atoms with Crippen molar-refractivity contribution in [3.8, 4) is 0 Å². The van der Waals surface area contributed by atoms with E-state index < -0.39 is 0 Å². The number of carbonyl (C=O) groups is 1. The summed E-state index contributed by atoms with van der Waals surface area (Å²) in [5, 5.41) is 8.68. The third-order valence-corrected chi connectivity index (χ3v) is 5.63. The summed E-state index contributed by atoms with van der Waals surface area (Å²) in [6.07, 6.45) is 0. The molecule has 0 spiro atoms. The molecular formula is C23H26N2OS. The molecular weight excluding hydrogens is 352 g/mol. The molecule has 2 atom stereocenters. The number of rotatable bonds is 6. The summed E-state index contributed by atoms with van der Waals surface area (Å²) in [7, 11) is 0. The van der Waals surface area contributed by atoms with Gasteiger partial charge < -0.3 is 5.32 Å². The Balaban J connectivity index is 1.78. The molecule has 0 aliphatic heterocycles. The van der Waals surface area contributed by atoms with Gasteiger partial charge in [-0.3, -0.25) is 10.1 Å². The smallest absolute Gasteiger partial charge is 0.241 e. The summed E-state index contributed by atoms with van der Waals surface area (Å²) in [6.45, 7) is 8.05. The van der Waals surface area contributed by atoms with E-state index in [1.54, 1.807) is 11.3 Å². The minimum absolute atomic E-state index is 0.00726. The van der Waals surface area contributed by atoms with Crippen LogP contribution in [-0.4, -0.2) is 11.9 Å². The Hall–Kier alpha value is -2.43. The minimum Gasteiger partial charge on any atom is -0.324 e. The molecule has 0 fully saturated rings. The molecule has 3 nitrogen and oxygen atoms in total. The van der Waals surface area contributed by atoms with Crippen molar-refractivity contribution in [2.45, 2.75) is 39.8 Å². The van der Waals surface area contributed by atoms with E-state index in [2.05, 4.69) is 53.3 Å². The van der Waals surface area contributed by atoms with E-state index in [4.69, 9.17) is 0 Å². The van der Waals surface area contributed by atoms with Crippen molar-refractivity contribution < 1.29 is 4.79 Å². The van der Waals surface area contributed by atoms with Gasteiger partial charge in [-0.05, 0) is 55.8 Å². The summed E-state index contributed by atoms with van der Waals surface area (Å²) in [5.74, 6) is -0.0254.